The molecule has 1 aromatic carbocycles. The lowest BCUT2D eigenvalue weighted by Crippen LogP contribution is -2.06. The van der Waals surface area contributed by atoms with E-state index in [1.807, 2.05) is 13.8 Å². The average Bonchev–Trinajstić information content (AvgIpc) is 2.29. The third-order valence-corrected chi connectivity index (χ3v) is 2.00. The van der Waals surface area contributed by atoms with E-state index < -0.39 is 0 Å². The van der Waals surface area contributed by atoms with Crippen molar-refractivity contribution in [1.82, 2.24) is 0 Å². The quantitative estimate of drug-likeness (QED) is 0.564. The van der Waals surface area contributed by atoms with Gasteiger partial charge in [0.15, 0.2) is 0 Å². The van der Waals surface area contributed by atoms with Gasteiger partial charge in [0.25, 0.3) is 0 Å². The van der Waals surface area contributed by atoms with Crippen LogP contribution in [-0.4, -0.2) is 19.2 Å². The first kappa shape index (κ1) is 13.4. The van der Waals surface area contributed by atoms with E-state index in [2.05, 4.69) is 0 Å². The van der Waals surface area contributed by atoms with Crippen molar-refractivity contribution in [2.24, 2.45) is 0 Å². The summed E-state index contributed by atoms with van der Waals surface area (Å²) in [5.41, 5.74) is 0. The van der Waals surface area contributed by atoms with E-state index in [0.29, 0.717) is 36.9 Å². The maximum Gasteiger partial charge on any atom is 0.310 e. The van der Waals surface area contributed by atoms with Crippen molar-refractivity contribution < 1.29 is 19.0 Å². The van der Waals surface area contributed by atoms with Crippen molar-refractivity contribution in [3.63, 3.8) is 0 Å². The number of carbonyl (C=O) groups excluding carboxylic acids is 1. The van der Waals surface area contributed by atoms with Crippen molar-refractivity contribution in [3.8, 4) is 17.2 Å². The smallest absolute Gasteiger partial charge is 0.310 e. The summed E-state index contributed by atoms with van der Waals surface area (Å²) in [6, 6.07) is 5.13. The second kappa shape index (κ2) is 6.78. The van der Waals surface area contributed by atoms with Crippen molar-refractivity contribution in [2.45, 2.75) is 27.2 Å². The zero-order chi connectivity index (χ0) is 12.7. The molecule has 0 fully saturated rings. The highest BCUT2D eigenvalue weighted by molar-refractivity contribution is 5.72. The summed E-state index contributed by atoms with van der Waals surface area (Å²) in [4.78, 5) is 11.2. The summed E-state index contributed by atoms with van der Waals surface area (Å²) >= 11 is 0. The maximum absolute atomic E-state index is 11.2. The van der Waals surface area contributed by atoms with Crippen LogP contribution in [0.25, 0.3) is 0 Å². The molecule has 0 saturated carbocycles. The molecule has 1 rings (SSSR count). The van der Waals surface area contributed by atoms with Gasteiger partial charge in [0, 0.05) is 24.6 Å². The molecule has 94 valence electrons. The lowest BCUT2D eigenvalue weighted by Gasteiger charge is -2.10. The summed E-state index contributed by atoms with van der Waals surface area (Å²) in [5.74, 6) is 1.45. The van der Waals surface area contributed by atoms with Gasteiger partial charge in [-0.1, -0.05) is 6.92 Å². The fourth-order valence-electron chi connectivity index (χ4n) is 1.31. The fraction of sp³-hybridized carbons (Fsp3) is 0.462. The van der Waals surface area contributed by atoms with E-state index in [4.69, 9.17) is 14.2 Å². The molecule has 0 spiro atoms. The molecular weight excluding hydrogens is 220 g/mol. The first-order valence-corrected chi connectivity index (χ1v) is 5.80. The Kier molecular flexibility index (Phi) is 5.33. The molecule has 4 heteroatoms. The first-order chi connectivity index (χ1) is 8.19. The van der Waals surface area contributed by atoms with E-state index >= 15 is 0 Å². The number of carbonyl (C=O) groups is 1. The largest absolute Gasteiger partial charge is 0.494 e. The van der Waals surface area contributed by atoms with E-state index in [1.165, 1.54) is 0 Å². The number of esters is 1. The van der Waals surface area contributed by atoms with E-state index in [-0.39, 0.29) is 5.97 Å². The van der Waals surface area contributed by atoms with Gasteiger partial charge >= 0.3 is 5.97 Å². The summed E-state index contributed by atoms with van der Waals surface area (Å²) < 4.78 is 15.9. The molecule has 0 aliphatic carbocycles. The summed E-state index contributed by atoms with van der Waals surface area (Å²) in [6.45, 7) is 6.64. The standard InChI is InChI=1S/C13H18O4/c1-4-13(14)17-12-8-10(15-5-2)7-11(9-12)16-6-3/h7-9H,4-6H2,1-3H3. The van der Waals surface area contributed by atoms with Crippen LogP contribution in [0.3, 0.4) is 0 Å². The van der Waals surface area contributed by atoms with Gasteiger partial charge in [-0.15, -0.1) is 0 Å². The van der Waals surface area contributed by atoms with Crippen molar-refractivity contribution in [3.05, 3.63) is 18.2 Å². The van der Waals surface area contributed by atoms with Crippen molar-refractivity contribution >= 4 is 5.97 Å². The first-order valence-electron chi connectivity index (χ1n) is 5.80. The minimum absolute atomic E-state index is 0.277. The molecule has 1 aromatic rings. The van der Waals surface area contributed by atoms with Crippen LogP contribution in [0.4, 0.5) is 0 Å². The molecule has 0 radical (unpaired) electrons. The van der Waals surface area contributed by atoms with Crippen LogP contribution in [0.5, 0.6) is 17.2 Å². The third kappa shape index (κ3) is 4.34. The fourth-order valence-corrected chi connectivity index (χ4v) is 1.31. The van der Waals surface area contributed by atoms with Crippen LogP contribution < -0.4 is 14.2 Å². The SMILES string of the molecule is CCOc1cc(OCC)cc(OC(=O)CC)c1. The van der Waals surface area contributed by atoms with Gasteiger partial charge in [-0.2, -0.15) is 0 Å². The minimum Gasteiger partial charge on any atom is -0.494 e. The Bertz CT molecular complexity index is 349. The molecule has 0 heterocycles. The average molecular weight is 238 g/mol. The molecule has 0 atom stereocenters. The number of hydrogen-bond acceptors (Lipinski definition) is 4. The normalized spacial score (nSPS) is 9.82. The van der Waals surface area contributed by atoms with Crippen LogP contribution in [0, 0.1) is 0 Å². The highest BCUT2D eigenvalue weighted by atomic mass is 16.5. The molecule has 0 amide bonds. The van der Waals surface area contributed by atoms with Gasteiger partial charge in [-0.3, -0.25) is 4.79 Å². The summed E-state index contributed by atoms with van der Waals surface area (Å²) in [5, 5.41) is 0. The van der Waals surface area contributed by atoms with Gasteiger partial charge < -0.3 is 14.2 Å². The molecule has 0 unspecified atom stereocenters. The van der Waals surface area contributed by atoms with Crippen molar-refractivity contribution in [2.75, 3.05) is 13.2 Å². The Labute approximate surface area is 101 Å². The number of benzene rings is 1. The summed E-state index contributed by atoms with van der Waals surface area (Å²) in [6.07, 6.45) is 0.336. The topological polar surface area (TPSA) is 44.8 Å². The zero-order valence-corrected chi connectivity index (χ0v) is 10.5. The van der Waals surface area contributed by atoms with E-state index in [9.17, 15) is 4.79 Å². The Hall–Kier alpha value is -1.71. The molecule has 0 aliphatic rings. The Balaban J connectivity index is 2.90. The lowest BCUT2D eigenvalue weighted by molar-refractivity contribution is -0.134. The summed E-state index contributed by atoms with van der Waals surface area (Å²) in [7, 11) is 0. The predicted molar refractivity (Wildman–Crippen MR) is 64.7 cm³/mol. The van der Waals surface area contributed by atoms with Gasteiger partial charge in [-0.05, 0) is 13.8 Å². The van der Waals surface area contributed by atoms with Crippen LogP contribution >= 0.6 is 0 Å². The minimum atomic E-state index is -0.277. The van der Waals surface area contributed by atoms with Crippen LogP contribution in [0.15, 0.2) is 18.2 Å². The van der Waals surface area contributed by atoms with Gasteiger partial charge in [0.1, 0.15) is 17.2 Å². The number of rotatable bonds is 6. The lowest BCUT2D eigenvalue weighted by atomic mass is 10.3. The number of ether oxygens (including phenoxy) is 3. The molecule has 0 saturated heterocycles. The molecule has 0 N–H and O–H groups in total. The van der Waals surface area contributed by atoms with Gasteiger partial charge in [0.2, 0.25) is 0 Å². The molecule has 4 nitrogen and oxygen atoms in total. The molecule has 0 bridgehead atoms. The highest BCUT2D eigenvalue weighted by Crippen LogP contribution is 2.28. The Morgan fingerprint density at radius 3 is 1.82 bits per heavy atom. The van der Waals surface area contributed by atoms with Crippen LogP contribution in [0.1, 0.15) is 27.2 Å². The van der Waals surface area contributed by atoms with E-state index in [1.54, 1.807) is 25.1 Å². The van der Waals surface area contributed by atoms with Gasteiger partial charge in [-0.25, -0.2) is 0 Å². The van der Waals surface area contributed by atoms with Crippen LogP contribution in [0.2, 0.25) is 0 Å². The van der Waals surface area contributed by atoms with E-state index in [0.717, 1.165) is 0 Å². The molecular formula is C13H18O4. The Morgan fingerprint density at radius 1 is 0.941 bits per heavy atom. The van der Waals surface area contributed by atoms with Crippen molar-refractivity contribution in [1.29, 1.82) is 0 Å². The van der Waals surface area contributed by atoms with Gasteiger partial charge in [0.05, 0.1) is 13.2 Å². The second-order valence-electron chi connectivity index (χ2n) is 3.33. The second-order valence-corrected chi connectivity index (χ2v) is 3.33. The predicted octanol–water partition coefficient (Wildman–Crippen LogP) is 2.80. The third-order valence-electron chi connectivity index (χ3n) is 2.00. The monoisotopic (exact) mass is 238 g/mol. The highest BCUT2D eigenvalue weighted by Gasteiger charge is 2.07. The maximum atomic E-state index is 11.2. The number of hydrogen-bond donors (Lipinski definition) is 0. The molecule has 0 aromatic heterocycles. The van der Waals surface area contributed by atoms with Crippen LogP contribution in [-0.2, 0) is 4.79 Å². The molecule has 0 aliphatic heterocycles. The zero-order valence-electron chi connectivity index (χ0n) is 10.5. The molecule has 17 heavy (non-hydrogen) atoms. The Morgan fingerprint density at radius 2 is 1.41 bits per heavy atom.